The smallest absolute Gasteiger partial charge is 0.233 e. The van der Waals surface area contributed by atoms with Crippen molar-refractivity contribution < 1.29 is 4.79 Å². The van der Waals surface area contributed by atoms with E-state index in [1.54, 1.807) is 11.3 Å². The van der Waals surface area contributed by atoms with Crippen LogP contribution in [0.25, 0.3) is 20.7 Å². The topological polar surface area (TPSA) is 54.9 Å². The molecule has 0 bridgehead atoms. The standard InChI is InChI=1S/C20H23N3OS2/c1-12(17(24)23-20(3,4)5)25-18-15-11-16(14-9-7-6-8-10-14)26-19(15)22-13(2)21-18/h6-12H,1-5H3,(H,23,24)/t12-/m0/s1. The van der Waals surface area contributed by atoms with Crippen LogP contribution in [0.1, 0.15) is 33.5 Å². The second-order valence-corrected chi connectivity index (χ2v) is 9.63. The van der Waals surface area contributed by atoms with Crippen LogP contribution in [0.4, 0.5) is 0 Å². The number of thioether (sulfide) groups is 1. The van der Waals surface area contributed by atoms with Gasteiger partial charge in [0.2, 0.25) is 5.91 Å². The molecule has 26 heavy (non-hydrogen) atoms. The van der Waals surface area contributed by atoms with Crippen LogP contribution >= 0.6 is 23.1 Å². The molecule has 0 radical (unpaired) electrons. The fourth-order valence-corrected chi connectivity index (χ4v) is 4.64. The molecule has 2 aromatic heterocycles. The zero-order valence-corrected chi connectivity index (χ0v) is 17.3. The van der Waals surface area contributed by atoms with Gasteiger partial charge in [-0.1, -0.05) is 42.1 Å². The Morgan fingerprint density at radius 1 is 1.19 bits per heavy atom. The second-order valence-electron chi connectivity index (χ2n) is 7.27. The number of amides is 1. The van der Waals surface area contributed by atoms with Gasteiger partial charge >= 0.3 is 0 Å². The van der Waals surface area contributed by atoms with Gasteiger partial charge in [0, 0.05) is 15.8 Å². The number of aromatic nitrogens is 2. The molecule has 0 fully saturated rings. The molecule has 1 N–H and O–H groups in total. The maximum Gasteiger partial charge on any atom is 0.233 e. The summed E-state index contributed by atoms with van der Waals surface area (Å²) in [6, 6.07) is 12.4. The summed E-state index contributed by atoms with van der Waals surface area (Å²) in [5, 5.41) is 4.68. The monoisotopic (exact) mass is 385 g/mol. The Kier molecular flexibility index (Phi) is 5.34. The largest absolute Gasteiger partial charge is 0.351 e. The SMILES string of the molecule is Cc1nc(S[C@@H](C)C(=O)NC(C)(C)C)c2cc(-c3ccccc3)sc2n1. The number of benzene rings is 1. The highest BCUT2D eigenvalue weighted by Crippen LogP contribution is 2.37. The number of thiophene rings is 1. The van der Waals surface area contributed by atoms with Gasteiger partial charge in [-0.05, 0) is 46.2 Å². The number of hydrogen-bond acceptors (Lipinski definition) is 5. The van der Waals surface area contributed by atoms with Crippen molar-refractivity contribution in [1.29, 1.82) is 0 Å². The molecule has 6 heteroatoms. The Labute approximate surface area is 162 Å². The first-order valence-corrected chi connectivity index (χ1v) is 10.2. The molecule has 0 unspecified atom stereocenters. The first kappa shape index (κ1) is 18.9. The molecule has 0 saturated heterocycles. The molecule has 1 atom stereocenters. The number of carbonyl (C=O) groups is 1. The van der Waals surface area contributed by atoms with E-state index in [2.05, 4.69) is 33.5 Å². The van der Waals surface area contributed by atoms with E-state index in [-0.39, 0.29) is 16.7 Å². The van der Waals surface area contributed by atoms with Gasteiger partial charge in [-0.3, -0.25) is 4.79 Å². The summed E-state index contributed by atoms with van der Waals surface area (Å²) < 4.78 is 0. The average molecular weight is 386 g/mol. The zero-order valence-electron chi connectivity index (χ0n) is 15.7. The first-order chi connectivity index (χ1) is 12.2. The normalized spacial score (nSPS) is 13.0. The molecule has 136 valence electrons. The van der Waals surface area contributed by atoms with Crippen LogP contribution in [0.5, 0.6) is 0 Å². The van der Waals surface area contributed by atoms with Gasteiger partial charge < -0.3 is 5.32 Å². The van der Waals surface area contributed by atoms with Gasteiger partial charge in [-0.2, -0.15) is 0 Å². The number of hydrogen-bond donors (Lipinski definition) is 1. The van der Waals surface area contributed by atoms with Crippen molar-refractivity contribution >= 4 is 39.2 Å². The molecular weight excluding hydrogens is 362 g/mol. The molecule has 1 aromatic carbocycles. The van der Waals surface area contributed by atoms with E-state index in [0.29, 0.717) is 0 Å². The summed E-state index contributed by atoms with van der Waals surface area (Å²) in [6.07, 6.45) is 0. The number of fused-ring (bicyclic) bond motifs is 1. The molecule has 0 aliphatic heterocycles. The van der Waals surface area contributed by atoms with E-state index in [1.165, 1.54) is 17.3 Å². The Morgan fingerprint density at radius 2 is 1.88 bits per heavy atom. The van der Waals surface area contributed by atoms with Crippen LogP contribution in [-0.2, 0) is 4.79 Å². The fraction of sp³-hybridized carbons (Fsp3) is 0.350. The lowest BCUT2D eigenvalue weighted by molar-refractivity contribution is -0.121. The molecule has 0 saturated carbocycles. The fourth-order valence-electron chi connectivity index (χ4n) is 2.52. The van der Waals surface area contributed by atoms with E-state index in [1.807, 2.05) is 52.8 Å². The van der Waals surface area contributed by atoms with Crippen LogP contribution in [0.3, 0.4) is 0 Å². The minimum Gasteiger partial charge on any atom is -0.351 e. The molecular formula is C20H23N3OS2. The average Bonchev–Trinajstić information content (AvgIpc) is 2.98. The van der Waals surface area contributed by atoms with Gasteiger partial charge in [0.25, 0.3) is 0 Å². The summed E-state index contributed by atoms with van der Waals surface area (Å²) >= 11 is 3.15. The van der Waals surface area contributed by atoms with Crippen LogP contribution in [0.15, 0.2) is 41.4 Å². The van der Waals surface area contributed by atoms with Crippen molar-refractivity contribution in [2.75, 3.05) is 0 Å². The summed E-state index contributed by atoms with van der Waals surface area (Å²) in [4.78, 5) is 23.8. The van der Waals surface area contributed by atoms with Crippen molar-refractivity contribution in [3.8, 4) is 10.4 Å². The van der Waals surface area contributed by atoms with Crippen molar-refractivity contribution in [1.82, 2.24) is 15.3 Å². The van der Waals surface area contributed by atoms with Crippen LogP contribution in [0, 0.1) is 6.92 Å². The minimum atomic E-state index is -0.244. The Bertz CT molecular complexity index is 929. The molecule has 4 nitrogen and oxygen atoms in total. The van der Waals surface area contributed by atoms with Gasteiger partial charge in [0.05, 0.1) is 5.25 Å². The van der Waals surface area contributed by atoms with Crippen LogP contribution < -0.4 is 5.32 Å². The summed E-state index contributed by atoms with van der Waals surface area (Å²) in [7, 11) is 0. The third-order valence-electron chi connectivity index (χ3n) is 3.68. The van der Waals surface area contributed by atoms with Crippen LogP contribution in [0.2, 0.25) is 0 Å². The Balaban J connectivity index is 1.93. The maximum atomic E-state index is 12.4. The van der Waals surface area contributed by atoms with Gasteiger partial charge in [-0.15, -0.1) is 11.3 Å². The van der Waals surface area contributed by atoms with E-state index < -0.39 is 0 Å². The summed E-state index contributed by atoms with van der Waals surface area (Å²) in [6.45, 7) is 9.77. The first-order valence-electron chi connectivity index (χ1n) is 8.55. The highest BCUT2D eigenvalue weighted by molar-refractivity contribution is 8.00. The Morgan fingerprint density at radius 3 is 2.54 bits per heavy atom. The highest BCUT2D eigenvalue weighted by Gasteiger charge is 2.22. The lowest BCUT2D eigenvalue weighted by atomic mass is 10.1. The molecule has 0 spiro atoms. The number of aryl methyl sites for hydroxylation is 1. The zero-order chi connectivity index (χ0) is 18.9. The molecule has 3 aromatic rings. The number of nitrogens with one attached hydrogen (secondary N) is 1. The van der Waals surface area contributed by atoms with Crippen molar-refractivity contribution in [3.63, 3.8) is 0 Å². The lowest BCUT2D eigenvalue weighted by Gasteiger charge is -2.23. The predicted molar refractivity (Wildman–Crippen MR) is 111 cm³/mol. The molecule has 3 rings (SSSR count). The minimum absolute atomic E-state index is 0.0189. The number of carbonyl (C=O) groups excluding carboxylic acids is 1. The van der Waals surface area contributed by atoms with Crippen molar-refractivity contribution in [2.45, 2.75) is 50.4 Å². The second kappa shape index (κ2) is 7.37. The van der Waals surface area contributed by atoms with Gasteiger partial charge in [-0.25, -0.2) is 9.97 Å². The predicted octanol–water partition coefficient (Wildman–Crippen LogP) is 5.06. The lowest BCUT2D eigenvalue weighted by Crippen LogP contribution is -2.44. The number of nitrogens with zero attached hydrogens (tertiary/aromatic N) is 2. The molecule has 1 amide bonds. The molecule has 0 aliphatic rings. The summed E-state index contributed by atoms with van der Waals surface area (Å²) in [5.74, 6) is 0.746. The Hall–Kier alpha value is -1.92. The van der Waals surface area contributed by atoms with Crippen molar-refractivity contribution in [2.24, 2.45) is 0 Å². The van der Waals surface area contributed by atoms with E-state index in [9.17, 15) is 4.79 Å². The van der Waals surface area contributed by atoms with E-state index in [0.717, 1.165) is 25.9 Å². The molecule has 2 heterocycles. The highest BCUT2D eigenvalue weighted by atomic mass is 32.2. The number of rotatable bonds is 4. The van der Waals surface area contributed by atoms with Crippen molar-refractivity contribution in [3.05, 3.63) is 42.2 Å². The van der Waals surface area contributed by atoms with E-state index >= 15 is 0 Å². The third-order valence-corrected chi connectivity index (χ3v) is 5.86. The third kappa shape index (κ3) is 4.43. The van der Waals surface area contributed by atoms with E-state index in [4.69, 9.17) is 0 Å². The van der Waals surface area contributed by atoms with Gasteiger partial charge in [0.15, 0.2) is 0 Å². The molecule has 0 aliphatic carbocycles. The maximum absolute atomic E-state index is 12.4. The summed E-state index contributed by atoms with van der Waals surface area (Å²) in [5.41, 5.74) is 0.925. The van der Waals surface area contributed by atoms with Gasteiger partial charge in [0.1, 0.15) is 15.7 Å². The quantitative estimate of drug-likeness (QED) is 0.504. The van der Waals surface area contributed by atoms with Crippen LogP contribution in [-0.4, -0.2) is 26.7 Å².